The monoisotopic (exact) mass is 229 g/mol. The van der Waals surface area contributed by atoms with E-state index in [0.29, 0.717) is 12.4 Å². The minimum absolute atomic E-state index is 0.255. The lowest BCUT2D eigenvalue weighted by molar-refractivity contribution is 0.0619. The second-order valence-corrected chi connectivity index (χ2v) is 4.75. The van der Waals surface area contributed by atoms with E-state index in [1.807, 2.05) is 28.8 Å². The van der Waals surface area contributed by atoms with Crippen LogP contribution in [-0.2, 0) is 13.0 Å². The summed E-state index contributed by atoms with van der Waals surface area (Å²) in [4.78, 5) is 4.42. The lowest BCUT2D eigenvalue weighted by Crippen LogP contribution is -2.27. The Labute approximate surface area is 100 Å². The number of aromatic nitrogens is 2. The SMILES string of the molecule is CC(C)(O)Cn1c(CC#N)nc2ccccc21. The minimum atomic E-state index is -0.826. The number of para-hydroxylation sites is 2. The fraction of sp³-hybridized carbons (Fsp3) is 0.385. The molecule has 17 heavy (non-hydrogen) atoms. The number of hydrogen-bond acceptors (Lipinski definition) is 3. The standard InChI is InChI=1S/C13H15N3O/c1-13(2,17)9-16-11-6-4-3-5-10(11)15-12(16)7-8-14/h3-6,17H,7,9H2,1-2H3. The lowest BCUT2D eigenvalue weighted by atomic mass is 10.1. The van der Waals surface area contributed by atoms with Crippen LogP contribution < -0.4 is 0 Å². The van der Waals surface area contributed by atoms with Gasteiger partial charge in [-0.05, 0) is 26.0 Å². The van der Waals surface area contributed by atoms with Gasteiger partial charge in [-0.1, -0.05) is 12.1 Å². The molecule has 0 unspecified atom stereocenters. The number of nitrogens with zero attached hydrogens (tertiary/aromatic N) is 3. The van der Waals surface area contributed by atoms with Crippen LogP contribution in [0.3, 0.4) is 0 Å². The summed E-state index contributed by atoms with van der Waals surface area (Å²) < 4.78 is 1.92. The molecule has 1 aromatic heterocycles. The van der Waals surface area contributed by atoms with Crippen LogP contribution in [0.25, 0.3) is 11.0 Å². The van der Waals surface area contributed by atoms with E-state index < -0.39 is 5.60 Å². The van der Waals surface area contributed by atoms with Crippen molar-refractivity contribution >= 4 is 11.0 Å². The molecule has 0 aliphatic rings. The molecule has 88 valence electrons. The van der Waals surface area contributed by atoms with Crippen molar-refractivity contribution in [1.29, 1.82) is 5.26 Å². The highest BCUT2D eigenvalue weighted by molar-refractivity contribution is 5.76. The highest BCUT2D eigenvalue weighted by Gasteiger charge is 2.18. The number of hydrogen-bond donors (Lipinski definition) is 1. The molecule has 0 aliphatic carbocycles. The molecule has 2 aromatic rings. The van der Waals surface area contributed by atoms with Crippen molar-refractivity contribution in [2.24, 2.45) is 0 Å². The summed E-state index contributed by atoms with van der Waals surface area (Å²) in [6.45, 7) is 3.93. The Hall–Kier alpha value is -1.86. The summed E-state index contributed by atoms with van der Waals surface area (Å²) in [5.74, 6) is 0.704. The Morgan fingerprint density at radius 1 is 1.41 bits per heavy atom. The molecule has 0 amide bonds. The van der Waals surface area contributed by atoms with Gasteiger partial charge < -0.3 is 9.67 Å². The van der Waals surface area contributed by atoms with Crippen LogP contribution in [0.15, 0.2) is 24.3 Å². The van der Waals surface area contributed by atoms with Crippen LogP contribution in [0.2, 0.25) is 0 Å². The van der Waals surface area contributed by atoms with E-state index in [2.05, 4.69) is 11.1 Å². The number of aliphatic hydroxyl groups is 1. The molecule has 2 rings (SSSR count). The molecule has 1 N–H and O–H groups in total. The van der Waals surface area contributed by atoms with E-state index in [0.717, 1.165) is 11.0 Å². The largest absolute Gasteiger partial charge is 0.389 e. The number of rotatable bonds is 3. The molecule has 0 fully saturated rings. The minimum Gasteiger partial charge on any atom is -0.389 e. The average Bonchev–Trinajstić information content (AvgIpc) is 2.56. The van der Waals surface area contributed by atoms with Gasteiger partial charge in [0.1, 0.15) is 5.82 Å². The fourth-order valence-corrected chi connectivity index (χ4v) is 1.89. The molecule has 0 saturated carbocycles. The van der Waals surface area contributed by atoms with Crippen LogP contribution in [-0.4, -0.2) is 20.3 Å². The molecule has 4 nitrogen and oxygen atoms in total. The van der Waals surface area contributed by atoms with Gasteiger partial charge in [0, 0.05) is 0 Å². The first-order chi connectivity index (χ1) is 8.01. The molecule has 0 bridgehead atoms. The molecule has 0 atom stereocenters. The number of imidazole rings is 1. The van der Waals surface area contributed by atoms with E-state index in [9.17, 15) is 5.11 Å². The average molecular weight is 229 g/mol. The van der Waals surface area contributed by atoms with Crippen molar-refractivity contribution in [2.75, 3.05) is 0 Å². The van der Waals surface area contributed by atoms with Crippen LogP contribution >= 0.6 is 0 Å². The topological polar surface area (TPSA) is 61.8 Å². The summed E-state index contributed by atoms with van der Waals surface area (Å²) >= 11 is 0. The second kappa shape index (κ2) is 4.19. The zero-order chi connectivity index (χ0) is 12.5. The molecular formula is C13H15N3O. The summed E-state index contributed by atoms with van der Waals surface area (Å²) in [7, 11) is 0. The van der Waals surface area contributed by atoms with Crippen LogP contribution in [0.4, 0.5) is 0 Å². The van der Waals surface area contributed by atoms with Crippen molar-refractivity contribution in [3.63, 3.8) is 0 Å². The number of benzene rings is 1. The Balaban J connectivity index is 2.56. The van der Waals surface area contributed by atoms with Gasteiger partial charge in [-0.25, -0.2) is 4.98 Å². The first kappa shape index (κ1) is 11.6. The van der Waals surface area contributed by atoms with Crippen LogP contribution in [0.1, 0.15) is 19.7 Å². The zero-order valence-electron chi connectivity index (χ0n) is 10.0. The second-order valence-electron chi connectivity index (χ2n) is 4.75. The van der Waals surface area contributed by atoms with Crippen molar-refractivity contribution in [2.45, 2.75) is 32.4 Å². The van der Waals surface area contributed by atoms with Crippen molar-refractivity contribution < 1.29 is 5.11 Å². The summed E-state index contributed by atoms with van der Waals surface area (Å²) in [5, 5.41) is 18.7. The van der Waals surface area contributed by atoms with Gasteiger partial charge in [0.2, 0.25) is 0 Å². The first-order valence-electron chi connectivity index (χ1n) is 5.55. The molecule has 0 saturated heterocycles. The van der Waals surface area contributed by atoms with E-state index in [1.165, 1.54) is 0 Å². The van der Waals surface area contributed by atoms with E-state index >= 15 is 0 Å². The van der Waals surface area contributed by atoms with Gasteiger partial charge in [0.25, 0.3) is 0 Å². The smallest absolute Gasteiger partial charge is 0.124 e. The normalized spacial score (nSPS) is 11.6. The van der Waals surface area contributed by atoms with Gasteiger partial charge in [-0.2, -0.15) is 5.26 Å². The van der Waals surface area contributed by atoms with Crippen LogP contribution in [0, 0.1) is 11.3 Å². The zero-order valence-corrected chi connectivity index (χ0v) is 10.0. The maximum Gasteiger partial charge on any atom is 0.124 e. The van der Waals surface area contributed by atoms with E-state index in [1.54, 1.807) is 13.8 Å². The van der Waals surface area contributed by atoms with Crippen LogP contribution in [0.5, 0.6) is 0 Å². The molecule has 1 aromatic carbocycles. The molecule has 4 heteroatoms. The summed E-state index contributed by atoms with van der Waals surface area (Å²) in [5.41, 5.74) is 0.995. The van der Waals surface area contributed by atoms with Gasteiger partial charge in [-0.15, -0.1) is 0 Å². The van der Waals surface area contributed by atoms with Crippen molar-refractivity contribution in [1.82, 2.24) is 9.55 Å². The fourth-order valence-electron chi connectivity index (χ4n) is 1.89. The number of fused-ring (bicyclic) bond motifs is 1. The van der Waals surface area contributed by atoms with Crippen molar-refractivity contribution in [3.8, 4) is 6.07 Å². The summed E-state index contributed by atoms with van der Waals surface area (Å²) in [6, 6.07) is 9.82. The third-order valence-electron chi connectivity index (χ3n) is 2.52. The van der Waals surface area contributed by atoms with Crippen molar-refractivity contribution in [3.05, 3.63) is 30.1 Å². The highest BCUT2D eigenvalue weighted by atomic mass is 16.3. The molecule has 1 heterocycles. The van der Waals surface area contributed by atoms with Gasteiger partial charge >= 0.3 is 0 Å². The maximum absolute atomic E-state index is 9.91. The third kappa shape index (κ3) is 2.45. The van der Waals surface area contributed by atoms with Gasteiger partial charge in [-0.3, -0.25) is 0 Å². The van der Waals surface area contributed by atoms with E-state index in [-0.39, 0.29) is 6.42 Å². The number of nitriles is 1. The lowest BCUT2D eigenvalue weighted by Gasteiger charge is -2.19. The maximum atomic E-state index is 9.91. The molecule has 0 spiro atoms. The first-order valence-corrected chi connectivity index (χ1v) is 5.55. The molecule has 0 aliphatic heterocycles. The Bertz CT molecular complexity index is 572. The predicted octanol–water partition coefficient (Wildman–Crippen LogP) is 1.87. The predicted molar refractivity (Wildman–Crippen MR) is 65.3 cm³/mol. The quantitative estimate of drug-likeness (QED) is 0.874. The third-order valence-corrected chi connectivity index (χ3v) is 2.52. The Morgan fingerprint density at radius 2 is 2.12 bits per heavy atom. The van der Waals surface area contributed by atoms with Gasteiger partial charge in [0.05, 0.1) is 35.7 Å². The van der Waals surface area contributed by atoms with Gasteiger partial charge in [0.15, 0.2) is 0 Å². The molecular weight excluding hydrogens is 214 g/mol. The Morgan fingerprint density at radius 3 is 2.76 bits per heavy atom. The van der Waals surface area contributed by atoms with E-state index in [4.69, 9.17) is 5.26 Å². The molecule has 0 radical (unpaired) electrons. The summed E-state index contributed by atoms with van der Waals surface area (Å²) in [6.07, 6.45) is 0.255. The highest BCUT2D eigenvalue weighted by Crippen LogP contribution is 2.19. The Kier molecular flexibility index (Phi) is 2.86.